The lowest BCUT2D eigenvalue weighted by Gasteiger charge is -1.93. The first-order chi connectivity index (χ1) is 7.40. The topological polar surface area (TPSA) is 23.8 Å². The molecule has 1 heterocycles. The van der Waals surface area contributed by atoms with Gasteiger partial charge in [-0.25, -0.2) is 0 Å². The second kappa shape index (κ2) is 4.59. The van der Waals surface area contributed by atoms with E-state index >= 15 is 0 Å². The van der Waals surface area contributed by atoms with Crippen LogP contribution < -0.4 is 0 Å². The molecule has 0 amide bonds. The second-order valence-electron chi connectivity index (χ2n) is 3.03. The summed E-state index contributed by atoms with van der Waals surface area (Å²) in [5, 5.41) is 8.42. The molecule has 0 atom stereocenters. The first-order valence-electron chi connectivity index (χ1n) is 4.61. The molecule has 0 saturated heterocycles. The van der Waals surface area contributed by atoms with Gasteiger partial charge in [0, 0.05) is 15.8 Å². The number of allylic oxidation sites excluding steroid dienone is 1. The van der Waals surface area contributed by atoms with Gasteiger partial charge in [0.15, 0.2) is 0 Å². The largest absolute Gasteiger partial charge is 0.193 e. The third-order valence-electron chi connectivity index (χ3n) is 2.01. The highest BCUT2D eigenvalue weighted by Crippen LogP contribution is 2.28. The summed E-state index contributed by atoms with van der Waals surface area (Å²) >= 11 is 1.69. The molecule has 1 nitrogen and oxygen atoms in total. The molecule has 0 spiro atoms. The van der Waals surface area contributed by atoms with Gasteiger partial charge < -0.3 is 0 Å². The summed E-state index contributed by atoms with van der Waals surface area (Å²) in [7, 11) is 0. The van der Waals surface area contributed by atoms with Crippen molar-refractivity contribution in [3.05, 3.63) is 53.4 Å². The predicted octanol–water partition coefficient (Wildman–Crippen LogP) is 3.95. The van der Waals surface area contributed by atoms with Crippen molar-refractivity contribution in [2.24, 2.45) is 0 Å². The van der Waals surface area contributed by atoms with Gasteiger partial charge in [-0.05, 0) is 23.8 Å². The Kier molecular flexibility index (Phi) is 2.96. The van der Waals surface area contributed by atoms with E-state index in [9.17, 15) is 0 Å². The third-order valence-corrected chi connectivity index (χ3v) is 3.11. The van der Waals surface area contributed by atoms with Crippen LogP contribution in [0.3, 0.4) is 0 Å². The fraction of sp³-hybridized carbons (Fsp3) is 0. The van der Waals surface area contributed by atoms with Crippen molar-refractivity contribution in [2.75, 3.05) is 0 Å². The summed E-state index contributed by atoms with van der Waals surface area (Å²) in [6.07, 6.45) is 3.33. The number of thiophene rings is 1. The van der Waals surface area contributed by atoms with E-state index in [1.54, 1.807) is 11.3 Å². The fourth-order valence-corrected chi connectivity index (χ4v) is 2.24. The maximum absolute atomic E-state index is 8.42. The average Bonchev–Trinajstić information content (AvgIpc) is 2.76. The van der Waals surface area contributed by atoms with Crippen LogP contribution in [0.1, 0.15) is 4.88 Å². The normalized spacial score (nSPS) is 10.3. The number of rotatable bonds is 2. The number of hydrogen-bond donors (Lipinski definition) is 0. The minimum atomic E-state index is 1.11. The van der Waals surface area contributed by atoms with Gasteiger partial charge in [0.25, 0.3) is 0 Å². The SMILES string of the molecule is N#CC=Cc1ccc(-c2ccccc2)s1. The van der Waals surface area contributed by atoms with Gasteiger partial charge in [-0.1, -0.05) is 30.3 Å². The van der Waals surface area contributed by atoms with E-state index in [2.05, 4.69) is 18.2 Å². The van der Waals surface area contributed by atoms with Crippen molar-refractivity contribution < 1.29 is 0 Å². The van der Waals surface area contributed by atoms with Gasteiger partial charge >= 0.3 is 0 Å². The van der Waals surface area contributed by atoms with Gasteiger partial charge in [-0.15, -0.1) is 11.3 Å². The van der Waals surface area contributed by atoms with Crippen molar-refractivity contribution in [2.45, 2.75) is 0 Å². The fourth-order valence-electron chi connectivity index (χ4n) is 1.32. The Bertz CT molecular complexity index is 503. The first kappa shape index (κ1) is 9.70. The molecular weight excluding hydrogens is 202 g/mol. The van der Waals surface area contributed by atoms with Crippen LogP contribution in [-0.4, -0.2) is 0 Å². The summed E-state index contributed by atoms with van der Waals surface area (Å²) in [4.78, 5) is 2.34. The van der Waals surface area contributed by atoms with Crippen LogP contribution in [0.2, 0.25) is 0 Å². The van der Waals surface area contributed by atoms with Crippen molar-refractivity contribution >= 4 is 17.4 Å². The monoisotopic (exact) mass is 211 g/mol. The van der Waals surface area contributed by atoms with Gasteiger partial charge in [0.2, 0.25) is 0 Å². The summed E-state index contributed by atoms with van der Waals surface area (Å²) in [6, 6.07) is 16.3. The van der Waals surface area contributed by atoms with Gasteiger partial charge in [0.05, 0.1) is 6.07 Å². The number of hydrogen-bond acceptors (Lipinski definition) is 2. The molecule has 0 N–H and O–H groups in total. The van der Waals surface area contributed by atoms with Crippen molar-refractivity contribution in [3.63, 3.8) is 0 Å². The molecule has 2 heteroatoms. The molecule has 0 aliphatic carbocycles. The molecule has 0 fully saturated rings. The van der Waals surface area contributed by atoms with Crippen LogP contribution in [0.25, 0.3) is 16.5 Å². The molecule has 0 unspecified atom stereocenters. The summed E-state index contributed by atoms with van der Waals surface area (Å²) < 4.78 is 0. The zero-order valence-corrected chi connectivity index (χ0v) is 8.87. The third kappa shape index (κ3) is 2.34. The van der Waals surface area contributed by atoms with E-state index in [-0.39, 0.29) is 0 Å². The molecule has 72 valence electrons. The van der Waals surface area contributed by atoms with Gasteiger partial charge in [0.1, 0.15) is 0 Å². The smallest absolute Gasteiger partial charge is 0.0912 e. The predicted molar refractivity (Wildman–Crippen MR) is 64.4 cm³/mol. The van der Waals surface area contributed by atoms with E-state index in [0.717, 1.165) is 4.88 Å². The first-order valence-corrected chi connectivity index (χ1v) is 5.43. The molecule has 2 rings (SSSR count). The zero-order valence-electron chi connectivity index (χ0n) is 8.05. The lowest BCUT2D eigenvalue weighted by atomic mass is 10.2. The molecule has 0 radical (unpaired) electrons. The number of benzene rings is 1. The average molecular weight is 211 g/mol. The van der Waals surface area contributed by atoms with E-state index in [1.165, 1.54) is 16.5 Å². The number of nitriles is 1. The maximum Gasteiger partial charge on any atom is 0.0912 e. The van der Waals surface area contributed by atoms with Gasteiger partial charge in [-0.3, -0.25) is 0 Å². The lowest BCUT2D eigenvalue weighted by molar-refractivity contribution is 1.54. The molecule has 0 saturated carbocycles. The Morgan fingerprint density at radius 3 is 2.60 bits per heavy atom. The van der Waals surface area contributed by atoms with Crippen molar-refractivity contribution in [3.8, 4) is 16.5 Å². The Hall–Kier alpha value is -1.85. The summed E-state index contributed by atoms with van der Waals surface area (Å²) in [5.41, 5.74) is 1.22. The second-order valence-corrected chi connectivity index (χ2v) is 4.15. The van der Waals surface area contributed by atoms with Crippen LogP contribution in [0.4, 0.5) is 0 Å². The molecule has 1 aromatic heterocycles. The molecule has 15 heavy (non-hydrogen) atoms. The van der Waals surface area contributed by atoms with E-state index in [4.69, 9.17) is 5.26 Å². The lowest BCUT2D eigenvalue weighted by Crippen LogP contribution is -1.67. The molecular formula is C13H9NS. The molecule has 0 aliphatic heterocycles. The molecule has 1 aromatic carbocycles. The van der Waals surface area contributed by atoms with Crippen molar-refractivity contribution in [1.82, 2.24) is 0 Å². The Morgan fingerprint density at radius 1 is 1.07 bits per heavy atom. The van der Waals surface area contributed by atoms with Crippen molar-refractivity contribution in [1.29, 1.82) is 5.26 Å². The van der Waals surface area contributed by atoms with Gasteiger partial charge in [-0.2, -0.15) is 5.26 Å². The van der Waals surface area contributed by atoms with Crippen LogP contribution in [0.15, 0.2) is 48.5 Å². The van der Waals surface area contributed by atoms with Crippen LogP contribution in [0.5, 0.6) is 0 Å². The highest BCUT2D eigenvalue weighted by molar-refractivity contribution is 7.16. The molecule has 2 aromatic rings. The Morgan fingerprint density at radius 2 is 1.87 bits per heavy atom. The summed E-state index contributed by atoms with van der Waals surface area (Å²) in [6.45, 7) is 0. The summed E-state index contributed by atoms with van der Waals surface area (Å²) in [5.74, 6) is 0. The molecule has 0 aliphatic rings. The van der Waals surface area contributed by atoms with Crippen LogP contribution >= 0.6 is 11.3 Å². The van der Waals surface area contributed by atoms with E-state index < -0.39 is 0 Å². The van der Waals surface area contributed by atoms with E-state index in [0.29, 0.717) is 0 Å². The van der Waals surface area contributed by atoms with Crippen LogP contribution in [0, 0.1) is 11.3 Å². The zero-order chi connectivity index (χ0) is 10.5. The highest BCUT2D eigenvalue weighted by Gasteiger charge is 1.99. The highest BCUT2D eigenvalue weighted by atomic mass is 32.1. The molecule has 0 bridgehead atoms. The van der Waals surface area contributed by atoms with Crippen LogP contribution in [-0.2, 0) is 0 Å². The minimum absolute atomic E-state index is 1.11. The Labute approximate surface area is 92.9 Å². The quantitative estimate of drug-likeness (QED) is 0.690. The standard InChI is InChI=1S/C13H9NS/c14-10-4-7-12-8-9-13(15-12)11-5-2-1-3-6-11/h1-9H. The number of nitrogens with zero attached hydrogens (tertiary/aromatic N) is 1. The minimum Gasteiger partial charge on any atom is -0.193 e. The van der Waals surface area contributed by atoms with E-state index in [1.807, 2.05) is 36.4 Å². The maximum atomic E-state index is 8.42. The Balaban J connectivity index is 2.29.